The van der Waals surface area contributed by atoms with E-state index in [0.717, 1.165) is 17.6 Å². The first-order chi connectivity index (χ1) is 13.8. The summed E-state index contributed by atoms with van der Waals surface area (Å²) >= 11 is 6.82. The highest BCUT2D eigenvalue weighted by Gasteiger charge is 2.25. The molecular formula is C22H20Br2N2O3. The van der Waals surface area contributed by atoms with E-state index < -0.39 is 5.63 Å². The van der Waals surface area contributed by atoms with Crippen molar-refractivity contribution in [3.05, 3.63) is 72.5 Å². The third-order valence-corrected chi connectivity index (χ3v) is 6.45. The Kier molecular flexibility index (Phi) is 5.53. The fourth-order valence-corrected chi connectivity index (χ4v) is 4.91. The van der Waals surface area contributed by atoms with Gasteiger partial charge in [0.15, 0.2) is 5.58 Å². The average molecular weight is 520 g/mol. The molecule has 2 heterocycles. The number of anilines is 1. The first-order valence-electron chi connectivity index (χ1n) is 9.38. The van der Waals surface area contributed by atoms with Crippen LogP contribution in [0.3, 0.4) is 0 Å². The molecule has 0 radical (unpaired) electrons. The maximum atomic E-state index is 13.0. The summed E-state index contributed by atoms with van der Waals surface area (Å²) in [7, 11) is 0. The second kappa shape index (κ2) is 7.95. The molecule has 1 aliphatic rings. The molecular weight excluding hydrogens is 500 g/mol. The van der Waals surface area contributed by atoms with Gasteiger partial charge in [0, 0.05) is 41.7 Å². The van der Waals surface area contributed by atoms with Gasteiger partial charge in [-0.1, -0.05) is 22.0 Å². The van der Waals surface area contributed by atoms with E-state index in [-0.39, 0.29) is 11.5 Å². The van der Waals surface area contributed by atoms with Crippen LogP contribution in [0, 0.1) is 13.8 Å². The van der Waals surface area contributed by atoms with Crippen LogP contribution in [0.4, 0.5) is 5.69 Å². The lowest BCUT2D eigenvalue weighted by Gasteiger charge is -2.36. The molecule has 0 spiro atoms. The summed E-state index contributed by atoms with van der Waals surface area (Å²) < 4.78 is 6.93. The Morgan fingerprint density at radius 2 is 1.69 bits per heavy atom. The number of halogens is 2. The van der Waals surface area contributed by atoms with Crippen LogP contribution in [0.15, 0.2) is 54.6 Å². The lowest BCUT2D eigenvalue weighted by molar-refractivity contribution is 0.0742. The van der Waals surface area contributed by atoms with Crippen LogP contribution in [-0.2, 0) is 0 Å². The maximum absolute atomic E-state index is 13.0. The van der Waals surface area contributed by atoms with Crippen LogP contribution in [0.5, 0.6) is 0 Å². The van der Waals surface area contributed by atoms with Crippen LogP contribution < -0.4 is 10.5 Å². The molecule has 0 bridgehead atoms. The standard InChI is InChI=1S/C22H20Br2N2O3/c1-13-3-4-17(9-14(13)2)25-5-7-26(8-6-25)21(27)18-11-15-10-16(23)12-19(24)20(15)29-22(18)28/h3-4,9-12H,5-8H2,1-2H3. The van der Waals surface area contributed by atoms with Crippen LogP contribution in [0.2, 0.25) is 0 Å². The molecule has 1 aromatic heterocycles. The molecule has 29 heavy (non-hydrogen) atoms. The SMILES string of the molecule is Cc1ccc(N2CCN(C(=O)c3cc4cc(Br)cc(Br)c4oc3=O)CC2)cc1C. The molecule has 1 fully saturated rings. The summed E-state index contributed by atoms with van der Waals surface area (Å²) in [4.78, 5) is 29.4. The normalized spacial score (nSPS) is 14.5. The molecule has 0 aliphatic carbocycles. The number of hydrogen-bond donors (Lipinski definition) is 0. The molecule has 0 saturated carbocycles. The van der Waals surface area contributed by atoms with Gasteiger partial charge >= 0.3 is 5.63 Å². The zero-order chi connectivity index (χ0) is 20.7. The van der Waals surface area contributed by atoms with Crippen LogP contribution >= 0.6 is 31.9 Å². The number of carbonyl (C=O) groups is 1. The quantitative estimate of drug-likeness (QED) is 0.452. The Balaban J connectivity index is 1.54. The van der Waals surface area contributed by atoms with E-state index in [1.54, 1.807) is 17.0 Å². The minimum atomic E-state index is -0.609. The van der Waals surface area contributed by atoms with Gasteiger partial charge in [0.1, 0.15) is 5.56 Å². The van der Waals surface area contributed by atoms with E-state index in [1.165, 1.54) is 16.8 Å². The Hall–Kier alpha value is -2.12. The highest BCUT2D eigenvalue weighted by Crippen LogP contribution is 2.28. The van der Waals surface area contributed by atoms with E-state index in [4.69, 9.17) is 4.42 Å². The Morgan fingerprint density at radius 1 is 0.966 bits per heavy atom. The molecule has 150 valence electrons. The lowest BCUT2D eigenvalue weighted by atomic mass is 10.1. The van der Waals surface area contributed by atoms with Crippen molar-refractivity contribution in [1.29, 1.82) is 0 Å². The first-order valence-corrected chi connectivity index (χ1v) is 11.0. The average Bonchev–Trinajstić information content (AvgIpc) is 2.70. The fraction of sp³-hybridized carbons (Fsp3) is 0.273. The molecule has 0 atom stereocenters. The summed E-state index contributed by atoms with van der Waals surface area (Å²) in [5.74, 6) is -0.281. The highest BCUT2D eigenvalue weighted by molar-refractivity contribution is 9.11. The van der Waals surface area contributed by atoms with Crippen molar-refractivity contribution in [1.82, 2.24) is 4.90 Å². The van der Waals surface area contributed by atoms with Gasteiger partial charge in [0.05, 0.1) is 4.47 Å². The molecule has 5 nitrogen and oxygen atoms in total. The van der Waals surface area contributed by atoms with E-state index in [2.05, 4.69) is 68.8 Å². The topological polar surface area (TPSA) is 53.8 Å². The summed E-state index contributed by atoms with van der Waals surface area (Å²) in [5, 5.41) is 0.697. The minimum absolute atomic E-state index is 0.0714. The van der Waals surface area contributed by atoms with Crippen molar-refractivity contribution >= 4 is 54.4 Å². The Labute approximate surface area is 185 Å². The minimum Gasteiger partial charge on any atom is -0.421 e. The van der Waals surface area contributed by atoms with Gasteiger partial charge in [0.25, 0.3) is 5.91 Å². The summed E-state index contributed by atoms with van der Waals surface area (Å²) in [6, 6.07) is 11.7. The van der Waals surface area contributed by atoms with Crippen LogP contribution in [-0.4, -0.2) is 37.0 Å². The van der Waals surface area contributed by atoms with E-state index in [0.29, 0.717) is 28.5 Å². The second-order valence-corrected chi connectivity index (χ2v) is 9.07. The van der Waals surface area contributed by atoms with Crippen molar-refractivity contribution in [2.45, 2.75) is 13.8 Å². The predicted octanol–water partition coefficient (Wildman–Crippen LogP) is 4.90. The van der Waals surface area contributed by atoms with Gasteiger partial charge in [-0.2, -0.15) is 0 Å². The number of piperazine rings is 1. The number of amides is 1. The largest absolute Gasteiger partial charge is 0.421 e. The van der Waals surface area contributed by atoms with Crippen molar-refractivity contribution in [2.24, 2.45) is 0 Å². The van der Waals surface area contributed by atoms with Gasteiger partial charge in [-0.05, 0) is 71.2 Å². The van der Waals surface area contributed by atoms with Crippen LogP contribution in [0.25, 0.3) is 11.0 Å². The number of aryl methyl sites for hydroxylation is 2. The van der Waals surface area contributed by atoms with Crippen molar-refractivity contribution in [3.8, 4) is 0 Å². The fourth-order valence-electron chi connectivity index (χ4n) is 3.57. The number of benzene rings is 2. The zero-order valence-electron chi connectivity index (χ0n) is 16.2. The molecule has 7 heteroatoms. The van der Waals surface area contributed by atoms with E-state index in [9.17, 15) is 9.59 Å². The lowest BCUT2D eigenvalue weighted by Crippen LogP contribution is -2.49. The Morgan fingerprint density at radius 3 is 2.38 bits per heavy atom. The van der Waals surface area contributed by atoms with Gasteiger partial charge in [-0.25, -0.2) is 4.79 Å². The summed E-state index contributed by atoms with van der Waals surface area (Å²) in [6.45, 7) is 6.78. The third-order valence-electron chi connectivity index (χ3n) is 5.40. The van der Waals surface area contributed by atoms with Gasteiger partial charge in [-0.3, -0.25) is 4.79 Å². The first kappa shape index (κ1) is 20.2. The molecule has 1 aliphatic heterocycles. The third kappa shape index (κ3) is 3.98. The Bertz CT molecular complexity index is 1160. The molecule has 0 N–H and O–H groups in total. The van der Waals surface area contributed by atoms with Gasteiger partial charge in [0.2, 0.25) is 0 Å². The monoisotopic (exact) mass is 518 g/mol. The van der Waals surface area contributed by atoms with Crippen LogP contribution in [0.1, 0.15) is 21.5 Å². The molecule has 0 unspecified atom stereocenters. The van der Waals surface area contributed by atoms with E-state index in [1.807, 2.05) is 6.07 Å². The van der Waals surface area contributed by atoms with Crippen molar-refractivity contribution < 1.29 is 9.21 Å². The molecule has 1 saturated heterocycles. The number of nitrogens with zero attached hydrogens (tertiary/aromatic N) is 2. The van der Waals surface area contributed by atoms with E-state index >= 15 is 0 Å². The number of rotatable bonds is 2. The number of fused-ring (bicyclic) bond motifs is 1. The molecule has 1 amide bonds. The molecule has 3 aromatic rings. The number of hydrogen-bond acceptors (Lipinski definition) is 4. The second-order valence-electron chi connectivity index (χ2n) is 7.30. The smallest absolute Gasteiger partial charge is 0.349 e. The van der Waals surface area contributed by atoms with Crippen molar-refractivity contribution in [2.75, 3.05) is 31.1 Å². The summed E-state index contributed by atoms with van der Waals surface area (Å²) in [6.07, 6.45) is 0. The molecule has 4 rings (SSSR count). The number of carbonyl (C=O) groups excluding carboxylic acids is 1. The molecule has 2 aromatic carbocycles. The zero-order valence-corrected chi connectivity index (χ0v) is 19.3. The maximum Gasteiger partial charge on any atom is 0.349 e. The van der Waals surface area contributed by atoms with Gasteiger partial charge < -0.3 is 14.2 Å². The predicted molar refractivity (Wildman–Crippen MR) is 122 cm³/mol. The summed E-state index contributed by atoms with van der Waals surface area (Å²) in [5.41, 5.74) is 3.59. The highest BCUT2D eigenvalue weighted by atomic mass is 79.9. The van der Waals surface area contributed by atoms with Crippen molar-refractivity contribution in [3.63, 3.8) is 0 Å². The van der Waals surface area contributed by atoms with Gasteiger partial charge in [-0.15, -0.1) is 0 Å².